The minimum atomic E-state index is -0.368. The summed E-state index contributed by atoms with van der Waals surface area (Å²) in [6, 6.07) is 4.51. The van der Waals surface area contributed by atoms with Gasteiger partial charge in [0.2, 0.25) is 0 Å². The molecule has 2 N–H and O–H groups in total. The molecule has 0 saturated carbocycles. The summed E-state index contributed by atoms with van der Waals surface area (Å²) in [7, 11) is 4.06. The first-order chi connectivity index (χ1) is 8.81. The molecular formula is C15H25FN2O. The highest BCUT2D eigenvalue weighted by molar-refractivity contribution is 5.29. The van der Waals surface area contributed by atoms with E-state index in [1.807, 2.05) is 21.0 Å². The van der Waals surface area contributed by atoms with Crippen LogP contribution in [0.5, 0.6) is 5.75 Å². The highest BCUT2D eigenvalue weighted by Crippen LogP contribution is 2.22. The molecule has 0 aromatic heterocycles. The number of nitrogens with one attached hydrogen (secondary N) is 1. The zero-order chi connectivity index (χ0) is 14.6. The molecule has 0 amide bonds. The van der Waals surface area contributed by atoms with Gasteiger partial charge in [-0.1, -0.05) is 19.9 Å². The van der Waals surface area contributed by atoms with E-state index in [2.05, 4.69) is 24.1 Å². The van der Waals surface area contributed by atoms with Crippen molar-refractivity contribution in [3.05, 3.63) is 29.6 Å². The topological polar surface area (TPSA) is 35.5 Å². The van der Waals surface area contributed by atoms with Crippen LogP contribution in [0.1, 0.15) is 32.4 Å². The van der Waals surface area contributed by atoms with Gasteiger partial charge in [0, 0.05) is 30.3 Å². The van der Waals surface area contributed by atoms with Gasteiger partial charge in [-0.25, -0.2) is 4.39 Å². The van der Waals surface area contributed by atoms with Crippen LogP contribution in [-0.4, -0.2) is 36.7 Å². The predicted octanol–water partition coefficient (Wildman–Crippen LogP) is 2.77. The molecule has 1 rings (SSSR count). The summed E-state index contributed by atoms with van der Waals surface area (Å²) in [6.45, 7) is 7.16. The number of phenolic OH excluding ortho intramolecular Hbond substituents is 1. The zero-order valence-corrected chi connectivity index (χ0v) is 12.4. The summed E-state index contributed by atoms with van der Waals surface area (Å²) < 4.78 is 13.8. The minimum absolute atomic E-state index is 0.0397. The summed E-state index contributed by atoms with van der Waals surface area (Å²) in [5.74, 6) is 0.0551. The fraction of sp³-hybridized carbons (Fsp3) is 0.600. The first kappa shape index (κ1) is 15.9. The lowest BCUT2D eigenvalue weighted by atomic mass is 10.0. The Morgan fingerprint density at radius 1 is 1.26 bits per heavy atom. The van der Waals surface area contributed by atoms with Gasteiger partial charge in [-0.15, -0.1) is 0 Å². The average Bonchev–Trinajstić information content (AvgIpc) is 2.26. The molecule has 0 aliphatic heterocycles. The maximum atomic E-state index is 13.8. The summed E-state index contributed by atoms with van der Waals surface area (Å²) in [4.78, 5) is 2.12. The Labute approximate surface area is 115 Å². The van der Waals surface area contributed by atoms with Crippen molar-refractivity contribution in [1.29, 1.82) is 0 Å². The van der Waals surface area contributed by atoms with Crippen LogP contribution in [-0.2, 0) is 0 Å². The van der Waals surface area contributed by atoms with Crippen molar-refractivity contribution < 1.29 is 9.50 Å². The molecule has 0 bridgehead atoms. The van der Waals surface area contributed by atoms with Gasteiger partial charge in [0.25, 0.3) is 0 Å². The molecule has 1 aromatic rings. The number of halogens is 1. The third-order valence-electron chi connectivity index (χ3n) is 3.28. The maximum absolute atomic E-state index is 13.8. The molecule has 19 heavy (non-hydrogen) atoms. The highest BCUT2D eigenvalue weighted by Gasteiger charge is 2.19. The van der Waals surface area contributed by atoms with Crippen molar-refractivity contribution >= 4 is 0 Å². The van der Waals surface area contributed by atoms with Crippen LogP contribution in [0.2, 0.25) is 0 Å². The highest BCUT2D eigenvalue weighted by atomic mass is 19.1. The SMILES string of the molecule is CC(NC(CN(C)C)C(C)C)c1ccc(O)cc1F. The van der Waals surface area contributed by atoms with Crippen molar-refractivity contribution in [2.75, 3.05) is 20.6 Å². The summed E-state index contributed by atoms with van der Waals surface area (Å²) in [5.41, 5.74) is 0.585. The van der Waals surface area contributed by atoms with Crippen molar-refractivity contribution in [2.45, 2.75) is 32.9 Å². The number of hydrogen-bond donors (Lipinski definition) is 2. The van der Waals surface area contributed by atoms with Crippen molar-refractivity contribution in [2.24, 2.45) is 5.92 Å². The number of benzene rings is 1. The monoisotopic (exact) mass is 268 g/mol. The fourth-order valence-electron chi connectivity index (χ4n) is 2.13. The molecule has 0 saturated heterocycles. The molecule has 108 valence electrons. The number of rotatable bonds is 6. The van der Waals surface area contributed by atoms with E-state index < -0.39 is 0 Å². The van der Waals surface area contributed by atoms with Crippen LogP contribution in [0.25, 0.3) is 0 Å². The van der Waals surface area contributed by atoms with Crippen molar-refractivity contribution in [3.8, 4) is 5.75 Å². The Morgan fingerprint density at radius 2 is 1.89 bits per heavy atom. The third-order valence-corrected chi connectivity index (χ3v) is 3.28. The number of phenols is 1. The second kappa shape index (κ2) is 6.87. The van der Waals surface area contributed by atoms with Gasteiger partial charge < -0.3 is 15.3 Å². The molecule has 1 aromatic carbocycles. The lowest BCUT2D eigenvalue weighted by Crippen LogP contribution is -2.43. The molecule has 0 aliphatic carbocycles. The lowest BCUT2D eigenvalue weighted by molar-refractivity contribution is 0.272. The number of nitrogens with zero attached hydrogens (tertiary/aromatic N) is 1. The summed E-state index contributed by atoms with van der Waals surface area (Å²) in [5, 5.41) is 12.7. The molecule has 2 unspecified atom stereocenters. The van der Waals surface area contributed by atoms with Gasteiger partial charge in [0.1, 0.15) is 11.6 Å². The predicted molar refractivity (Wildman–Crippen MR) is 76.8 cm³/mol. The van der Waals surface area contributed by atoms with Gasteiger partial charge in [0.05, 0.1) is 0 Å². The van der Waals surface area contributed by atoms with E-state index in [1.54, 1.807) is 6.07 Å². The van der Waals surface area contributed by atoms with E-state index in [4.69, 9.17) is 0 Å². The van der Waals surface area contributed by atoms with Crippen LogP contribution in [0.3, 0.4) is 0 Å². The smallest absolute Gasteiger partial charge is 0.131 e. The fourth-order valence-corrected chi connectivity index (χ4v) is 2.13. The van der Waals surface area contributed by atoms with Gasteiger partial charge >= 0.3 is 0 Å². The van der Waals surface area contributed by atoms with Crippen molar-refractivity contribution in [1.82, 2.24) is 10.2 Å². The number of likely N-dealkylation sites (N-methyl/N-ethyl adjacent to an activating group) is 1. The second-order valence-corrected chi connectivity index (χ2v) is 5.71. The Kier molecular flexibility index (Phi) is 5.76. The normalized spacial score (nSPS) is 14.9. The zero-order valence-electron chi connectivity index (χ0n) is 12.4. The molecule has 0 spiro atoms. The Morgan fingerprint density at radius 3 is 2.37 bits per heavy atom. The van der Waals surface area contributed by atoms with E-state index in [0.29, 0.717) is 17.5 Å². The largest absolute Gasteiger partial charge is 0.508 e. The maximum Gasteiger partial charge on any atom is 0.131 e. The molecular weight excluding hydrogens is 243 g/mol. The van der Waals surface area contributed by atoms with Crippen LogP contribution in [0, 0.1) is 11.7 Å². The van der Waals surface area contributed by atoms with Gasteiger partial charge in [-0.05, 0) is 33.0 Å². The van der Waals surface area contributed by atoms with Crippen LogP contribution in [0.15, 0.2) is 18.2 Å². The van der Waals surface area contributed by atoms with E-state index in [-0.39, 0.29) is 17.6 Å². The Hall–Kier alpha value is -1.13. The van der Waals surface area contributed by atoms with E-state index in [9.17, 15) is 9.50 Å². The van der Waals surface area contributed by atoms with E-state index >= 15 is 0 Å². The molecule has 4 heteroatoms. The summed E-state index contributed by atoms with van der Waals surface area (Å²) in [6.07, 6.45) is 0. The molecule has 0 aliphatic rings. The average molecular weight is 268 g/mol. The number of hydrogen-bond acceptors (Lipinski definition) is 3. The summed E-state index contributed by atoms with van der Waals surface area (Å²) >= 11 is 0. The van der Waals surface area contributed by atoms with Crippen LogP contribution < -0.4 is 5.32 Å². The third kappa shape index (κ3) is 4.80. The molecule has 2 atom stereocenters. The van der Waals surface area contributed by atoms with Gasteiger partial charge in [-0.3, -0.25) is 0 Å². The molecule has 0 radical (unpaired) electrons. The molecule has 0 heterocycles. The van der Waals surface area contributed by atoms with Crippen LogP contribution in [0.4, 0.5) is 4.39 Å². The standard InChI is InChI=1S/C15H25FN2O/c1-10(2)15(9-18(4)5)17-11(3)13-7-6-12(19)8-14(13)16/h6-8,10-11,15,17,19H,9H2,1-5H3. The first-order valence-electron chi connectivity index (χ1n) is 6.70. The van der Waals surface area contributed by atoms with Crippen molar-refractivity contribution in [3.63, 3.8) is 0 Å². The van der Waals surface area contributed by atoms with Gasteiger partial charge in [-0.2, -0.15) is 0 Å². The van der Waals surface area contributed by atoms with E-state index in [0.717, 1.165) is 12.6 Å². The van der Waals surface area contributed by atoms with Gasteiger partial charge in [0.15, 0.2) is 0 Å². The number of aromatic hydroxyl groups is 1. The minimum Gasteiger partial charge on any atom is -0.508 e. The van der Waals surface area contributed by atoms with E-state index in [1.165, 1.54) is 6.07 Å². The Bertz CT molecular complexity index is 407. The molecule has 0 fully saturated rings. The molecule has 3 nitrogen and oxygen atoms in total. The first-order valence-corrected chi connectivity index (χ1v) is 6.70. The lowest BCUT2D eigenvalue weighted by Gasteiger charge is -2.29. The Balaban J connectivity index is 2.78. The second-order valence-electron chi connectivity index (χ2n) is 5.71. The van der Waals surface area contributed by atoms with Crippen LogP contribution >= 0.6 is 0 Å². The quantitative estimate of drug-likeness (QED) is 0.833.